The van der Waals surface area contributed by atoms with E-state index in [9.17, 15) is 14.4 Å². The van der Waals surface area contributed by atoms with Gasteiger partial charge in [-0.1, -0.05) is 12.1 Å². The van der Waals surface area contributed by atoms with Crippen LogP contribution in [0, 0.1) is 13.8 Å². The summed E-state index contributed by atoms with van der Waals surface area (Å²) < 4.78 is 16.9. The zero-order valence-corrected chi connectivity index (χ0v) is 15.9. The van der Waals surface area contributed by atoms with Crippen LogP contribution in [0.1, 0.15) is 42.5 Å². The molecule has 0 aliphatic rings. The number of nitrogens with zero attached hydrogens (tertiary/aromatic N) is 1. The molecular weight excluding hydrogens is 350 g/mol. The SMILES string of the molecule is COCCn1c(C)cc(C(=O)COC(=O)c2ccccc2C(=O)OC)c1C. The van der Waals surface area contributed by atoms with Gasteiger partial charge in [0.15, 0.2) is 6.61 Å². The highest BCUT2D eigenvalue weighted by atomic mass is 16.5. The lowest BCUT2D eigenvalue weighted by Gasteiger charge is -2.09. The molecule has 1 heterocycles. The molecule has 144 valence electrons. The van der Waals surface area contributed by atoms with Crippen molar-refractivity contribution in [1.82, 2.24) is 4.57 Å². The number of ketones is 1. The third-order valence-corrected chi connectivity index (χ3v) is 4.28. The van der Waals surface area contributed by atoms with Crippen molar-refractivity contribution < 1.29 is 28.6 Å². The minimum atomic E-state index is -0.752. The number of benzene rings is 1. The fraction of sp³-hybridized carbons (Fsp3) is 0.350. The van der Waals surface area contributed by atoms with E-state index in [-0.39, 0.29) is 16.9 Å². The summed E-state index contributed by atoms with van der Waals surface area (Å²) in [5.41, 5.74) is 2.37. The van der Waals surface area contributed by atoms with Crippen molar-refractivity contribution in [2.24, 2.45) is 0 Å². The summed E-state index contributed by atoms with van der Waals surface area (Å²) in [5, 5.41) is 0. The van der Waals surface area contributed by atoms with E-state index < -0.39 is 18.5 Å². The average Bonchev–Trinajstić information content (AvgIpc) is 2.97. The van der Waals surface area contributed by atoms with Gasteiger partial charge in [-0.05, 0) is 32.0 Å². The molecule has 2 rings (SSSR count). The van der Waals surface area contributed by atoms with Gasteiger partial charge in [0, 0.05) is 30.6 Å². The van der Waals surface area contributed by atoms with Crippen LogP contribution < -0.4 is 0 Å². The lowest BCUT2D eigenvalue weighted by Crippen LogP contribution is -2.18. The number of hydrogen-bond acceptors (Lipinski definition) is 6. The molecule has 0 N–H and O–H groups in total. The normalized spacial score (nSPS) is 10.5. The van der Waals surface area contributed by atoms with Crippen LogP contribution in [0.3, 0.4) is 0 Å². The number of aryl methyl sites for hydroxylation is 1. The number of esters is 2. The van der Waals surface area contributed by atoms with Gasteiger partial charge in [-0.2, -0.15) is 0 Å². The minimum absolute atomic E-state index is 0.0581. The van der Waals surface area contributed by atoms with Gasteiger partial charge in [0.1, 0.15) is 0 Å². The van der Waals surface area contributed by atoms with E-state index in [1.807, 2.05) is 18.4 Å². The first-order valence-electron chi connectivity index (χ1n) is 8.44. The third-order valence-electron chi connectivity index (χ3n) is 4.28. The zero-order chi connectivity index (χ0) is 20.0. The van der Waals surface area contributed by atoms with Crippen LogP contribution in [-0.4, -0.2) is 49.7 Å². The molecule has 0 unspecified atom stereocenters. The van der Waals surface area contributed by atoms with Crippen LogP contribution in [0.5, 0.6) is 0 Å². The maximum Gasteiger partial charge on any atom is 0.339 e. The van der Waals surface area contributed by atoms with Gasteiger partial charge >= 0.3 is 11.9 Å². The van der Waals surface area contributed by atoms with E-state index in [0.29, 0.717) is 18.7 Å². The Labute approximate surface area is 157 Å². The molecule has 7 heteroatoms. The number of hydrogen-bond donors (Lipinski definition) is 0. The Morgan fingerprint density at radius 2 is 1.59 bits per heavy atom. The molecule has 0 bridgehead atoms. The number of methoxy groups -OCH3 is 2. The minimum Gasteiger partial charge on any atom is -0.465 e. The topological polar surface area (TPSA) is 83.8 Å². The Bertz CT molecular complexity index is 852. The molecule has 0 saturated carbocycles. The van der Waals surface area contributed by atoms with E-state index >= 15 is 0 Å². The highest BCUT2D eigenvalue weighted by molar-refractivity contribution is 6.04. The van der Waals surface area contributed by atoms with Crippen molar-refractivity contribution >= 4 is 17.7 Å². The number of carbonyl (C=O) groups excluding carboxylic acids is 3. The second kappa shape index (κ2) is 9.14. The van der Waals surface area contributed by atoms with E-state index in [1.54, 1.807) is 25.3 Å². The lowest BCUT2D eigenvalue weighted by molar-refractivity contribution is 0.0463. The number of Topliss-reactive ketones (excluding diaryl/α,β-unsaturated/α-hetero) is 1. The number of carbonyl (C=O) groups is 3. The van der Waals surface area contributed by atoms with Gasteiger partial charge in [-0.3, -0.25) is 4.79 Å². The van der Waals surface area contributed by atoms with Crippen LogP contribution in [0.4, 0.5) is 0 Å². The molecule has 0 radical (unpaired) electrons. The highest BCUT2D eigenvalue weighted by Crippen LogP contribution is 2.17. The number of aromatic nitrogens is 1. The Balaban J connectivity index is 2.10. The summed E-state index contributed by atoms with van der Waals surface area (Å²) in [7, 11) is 2.85. The van der Waals surface area contributed by atoms with Gasteiger partial charge in [-0.15, -0.1) is 0 Å². The molecule has 0 aliphatic heterocycles. The van der Waals surface area contributed by atoms with Gasteiger partial charge in [0.25, 0.3) is 0 Å². The molecule has 0 amide bonds. The van der Waals surface area contributed by atoms with Crippen LogP contribution in [0.2, 0.25) is 0 Å². The first kappa shape index (κ1) is 20.4. The second-order valence-electron chi connectivity index (χ2n) is 5.97. The Morgan fingerprint density at radius 3 is 2.19 bits per heavy atom. The molecule has 2 aromatic rings. The Kier molecular flexibility index (Phi) is 6.90. The maximum atomic E-state index is 12.5. The lowest BCUT2D eigenvalue weighted by atomic mass is 10.1. The molecule has 0 atom stereocenters. The van der Waals surface area contributed by atoms with E-state index in [0.717, 1.165) is 11.4 Å². The highest BCUT2D eigenvalue weighted by Gasteiger charge is 2.21. The molecule has 7 nitrogen and oxygen atoms in total. The predicted octanol–water partition coefficient (Wildman–Crippen LogP) is 2.58. The fourth-order valence-electron chi connectivity index (χ4n) is 2.85. The summed E-state index contributed by atoms with van der Waals surface area (Å²) in [6, 6.07) is 7.91. The first-order valence-corrected chi connectivity index (χ1v) is 8.44. The van der Waals surface area contributed by atoms with Gasteiger partial charge in [-0.25, -0.2) is 9.59 Å². The van der Waals surface area contributed by atoms with E-state index in [1.165, 1.54) is 19.2 Å². The van der Waals surface area contributed by atoms with E-state index in [4.69, 9.17) is 9.47 Å². The third kappa shape index (κ3) is 4.62. The summed E-state index contributed by atoms with van der Waals surface area (Å²) >= 11 is 0. The van der Waals surface area contributed by atoms with Gasteiger partial charge in [0.2, 0.25) is 5.78 Å². The first-order chi connectivity index (χ1) is 12.9. The molecule has 1 aromatic heterocycles. The van der Waals surface area contributed by atoms with Gasteiger partial charge < -0.3 is 18.8 Å². The summed E-state index contributed by atoms with van der Waals surface area (Å²) in [4.78, 5) is 36.6. The van der Waals surface area contributed by atoms with E-state index in [2.05, 4.69) is 4.74 Å². The van der Waals surface area contributed by atoms with Crippen molar-refractivity contribution in [2.45, 2.75) is 20.4 Å². The van der Waals surface area contributed by atoms with Crippen molar-refractivity contribution in [1.29, 1.82) is 0 Å². The zero-order valence-electron chi connectivity index (χ0n) is 15.9. The Hall–Kier alpha value is -2.93. The molecule has 0 fully saturated rings. The number of ether oxygens (including phenoxy) is 3. The predicted molar refractivity (Wildman–Crippen MR) is 98.2 cm³/mol. The summed E-state index contributed by atoms with van der Waals surface area (Å²) in [6.07, 6.45) is 0. The summed E-state index contributed by atoms with van der Waals surface area (Å²) in [5.74, 6) is -1.70. The average molecular weight is 373 g/mol. The quantitative estimate of drug-likeness (QED) is 0.522. The molecule has 27 heavy (non-hydrogen) atoms. The van der Waals surface area contributed by atoms with Gasteiger partial charge in [0.05, 0.1) is 24.8 Å². The van der Waals surface area contributed by atoms with Crippen molar-refractivity contribution in [3.8, 4) is 0 Å². The van der Waals surface area contributed by atoms with Crippen molar-refractivity contribution in [2.75, 3.05) is 27.4 Å². The van der Waals surface area contributed by atoms with Crippen LogP contribution in [0.15, 0.2) is 30.3 Å². The molecule has 0 aliphatic carbocycles. The van der Waals surface area contributed by atoms with Crippen molar-refractivity contribution in [3.05, 3.63) is 58.4 Å². The van der Waals surface area contributed by atoms with Crippen LogP contribution in [0.25, 0.3) is 0 Å². The molecule has 0 saturated heterocycles. The molecule has 0 spiro atoms. The largest absolute Gasteiger partial charge is 0.465 e. The second-order valence-corrected chi connectivity index (χ2v) is 5.97. The number of rotatable bonds is 8. The van der Waals surface area contributed by atoms with Crippen LogP contribution >= 0.6 is 0 Å². The Morgan fingerprint density at radius 1 is 0.963 bits per heavy atom. The maximum absolute atomic E-state index is 12.5. The van der Waals surface area contributed by atoms with Crippen LogP contribution in [-0.2, 0) is 20.8 Å². The monoisotopic (exact) mass is 373 g/mol. The van der Waals surface area contributed by atoms with Crippen molar-refractivity contribution in [3.63, 3.8) is 0 Å². The fourth-order valence-corrected chi connectivity index (χ4v) is 2.85. The molecular formula is C20H23NO6. The standard InChI is InChI=1S/C20H23NO6/c1-13-11-17(14(2)21(13)9-10-25-3)18(22)12-27-20(24)16-8-6-5-7-15(16)19(23)26-4/h5-8,11H,9-10,12H2,1-4H3. The smallest absolute Gasteiger partial charge is 0.339 e. The summed E-state index contributed by atoms with van der Waals surface area (Å²) in [6.45, 7) is 4.49. The molecule has 1 aromatic carbocycles.